The third kappa shape index (κ3) is 14.0. The molecule has 2 atom stereocenters. The van der Waals surface area contributed by atoms with Crippen molar-refractivity contribution >= 4 is 21.5 Å². The lowest BCUT2D eigenvalue weighted by Crippen LogP contribution is -2.12. The molecule has 0 N–H and O–H groups in total. The van der Waals surface area contributed by atoms with Crippen LogP contribution >= 0.6 is 0 Å². The first kappa shape index (κ1) is 38.1. The molecule has 5 rings (SSSR count). The van der Waals surface area contributed by atoms with Crippen LogP contribution in [0.25, 0.3) is 21.5 Å². The molecule has 4 aromatic rings. The summed E-state index contributed by atoms with van der Waals surface area (Å²) in [6.07, 6.45) is 26.7. The molecule has 1 aliphatic heterocycles. The highest BCUT2D eigenvalue weighted by Gasteiger charge is 2.23. The molecular formula is C46H66O2. The van der Waals surface area contributed by atoms with Crippen molar-refractivity contribution in [2.45, 2.75) is 154 Å². The van der Waals surface area contributed by atoms with Gasteiger partial charge in [-0.3, -0.25) is 0 Å². The third-order valence-electron chi connectivity index (χ3n) is 10.0. The normalized spacial score (nSPS) is 13.7. The van der Waals surface area contributed by atoms with Crippen molar-refractivity contribution < 1.29 is 9.47 Å². The SMILES string of the molecule is C1CO1.CCCCCCCCCCCC(OC(CCCCCCCCCCC)c1cccc2ccccc12)c1cccc2ccccc12. The predicted molar refractivity (Wildman–Crippen MR) is 209 cm³/mol. The second-order valence-electron chi connectivity index (χ2n) is 14.1. The van der Waals surface area contributed by atoms with E-state index in [1.54, 1.807) is 0 Å². The maximum Gasteiger partial charge on any atom is 0.0839 e. The van der Waals surface area contributed by atoms with Gasteiger partial charge in [0, 0.05) is 0 Å². The molecule has 0 bridgehead atoms. The van der Waals surface area contributed by atoms with E-state index in [0.717, 1.165) is 26.1 Å². The van der Waals surface area contributed by atoms with Gasteiger partial charge in [0.1, 0.15) is 0 Å². The molecular weight excluding hydrogens is 585 g/mol. The minimum absolute atomic E-state index is 0.100. The Bertz CT molecular complexity index is 1270. The number of unbranched alkanes of at least 4 members (excludes halogenated alkanes) is 16. The van der Waals surface area contributed by atoms with E-state index in [1.165, 1.54) is 148 Å². The van der Waals surface area contributed by atoms with Crippen LogP contribution in [0.15, 0.2) is 84.9 Å². The Morgan fingerprint density at radius 3 is 1.15 bits per heavy atom. The molecule has 2 unspecified atom stereocenters. The Morgan fingerprint density at radius 1 is 0.438 bits per heavy atom. The average molecular weight is 651 g/mol. The van der Waals surface area contributed by atoms with Crippen molar-refractivity contribution in [3.63, 3.8) is 0 Å². The molecule has 0 radical (unpaired) electrons. The Morgan fingerprint density at radius 2 is 0.771 bits per heavy atom. The molecule has 1 heterocycles. The molecule has 0 amide bonds. The summed E-state index contributed by atoms with van der Waals surface area (Å²) in [5, 5.41) is 5.33. The van der Waals surface area contributed by atoms with Crippen molar-refractivity contribution in [1.29, 1.82) is 0 Å². The monoisotopic (exact) mass is 651 g/mol. The molecule has 1 aliphatic rings. The molecule has 0 aliphatic carbocycles. The fraction of sp³-hybridized carbons (Fsp3) is 0.565. The van der Waals surface area contributed by atoms with Crippen molar-refractivity contribution in [2.75, 3.05) is 13.2 Å². The lowest BCUT2D eigenvalue weighted by molar-refractivity contribution is -0.0249. The molecule has 4 aromatic carbocycles. The van der Waals surface area contributed by atoms with E-state index in [9.17, 15) is 0 Å². The standard InChI is InChI=1S/C44H62O.C2H4O/c1-3-5-7-9-11-13-15-17-19-35-43(41-33-25-29-37-27-21-23-31-39(37)41)45-44(36-20-18-16-14-12-10-8-6-4-2)42-34-26-30-38-28-22-24-32-40(38)42;1-2-3-1/h21-34,43-44H,3-20,35-36H2,1-2H3;1-2H2. The van der Waals surface area contributed by atoms with Crippen LogP contribution in [0.4, 0.5) is 0 Å². The topological polar surface area (TPSA) is 21.8 Å². The first-order valence-corrected chi connectivity index (χ1v) is 20.0. The number of epoxide rings is 1. The summed E-state index contributed by atoms with van der Waals surface area (Å²) < 4.78 is 11.9. The van der Waals surface area contributed by atoms with Crippen molar-refractivity contribution in [2.24, 2.45) is 0 Å². The highest BCUT2D eigenvalue weighted by Crippen LogP contribution is 2.39. The van der Waals surface area contributed by atoms with E-state index in [1.807, 2.05) is 0 Å². The van der Waals surface area contributed by atoms with E-state index in [0.29, 0.717) is 0 Å². The highest BCUT2D eigenvalue weighted by molar-refractivity contribution is 5.87. The molecule has 2 nitrogen and oxygen atoms in total. The van der Waals surface area contributed by atoms with Crippen molar-refractivity contribution in [1.82, 2.24) is 0 Å². The molecule has 1 fully saturated rings. The van der Waals surface area contributed by atoms with Crippen LogP contribution in [-0.4, -0.2) is 13.2 Å². The average Bonchev–Trinajstić information content (AvgIpc) is 4.02. The summed E-state index contributed by atoms with van der Waals surface area (Å²) >= 11 is 0. The fourth-order valence-electron chi connectivity index (χ4n) is 7.14. The van der Waals surface area contributed by atoms with Crippen LogP contribution in [0.2, 0.25) is 0 Å². The van der Waals surface area contributed by atoms with E-state index in [4.69, 9.17) is 4.74 Å². The Kier molecular flexibility index (Phi) is 18.8. The fourth-order valence-corrected chi connectivity index (χ4v) is 7.14. The number of rotatable bonds is 24. The molecule has 0 saturated carbocycles. The summed E-state index contributed by atoms with van der Waals surface area (Å²) in [7, 11) is 0. The zero-order valence-corrected chi connectivity index (χ0v) is 30.6. The maximum absolute atomic E-state index is 7.38. The second kappa shape index (κ2) is 23.6. The van der Waals surface area contributed by atoms with Gasteiger partial charge in [0.15, 0.2) is 0 Å². The van der Waals surface area contributed by atoms with E-state index in [2.05, 4.69) is 104 Å². The van der Waals surface area contributed by atoms with Gasteiger partial charge in [0.05, 0.1) is 25.4 Å². The zero-order chi connectivity index (χ0) is 33.5. The number of hydrogen-bond donors (Lipinski definition) is 0. The Labute approximate surface area is 294 Å². The number of benzene rings is 4. The van der Waals surface area contributed by atoms with Gasteiger partial charge in [-0.1, -0.05) is 214 Å². The second-order valence-corrected chi connectivity index (χ2v) is 14.1. The Hall–Kier alpha value is -2.68. The highest BCUT2D eigenvalue weighted by atomic mass is 16.6. The molecule has 2 heteroatoms. The Balaban J connectivity index is 0.00000164. The maximum atomic E-state index is 7.38. The van der Waals surface area contributed by atoms with E-state index >= 15 is 0 Å². The minimum atomic E-state index is 0.100. The molecule has 0 aromatic heterocycles. The van der Waals surface area contributed by atoms with Crippen LogP contribution < -0.4 is 0 Å². The van der Waals surface area contributed by atoms with Crippen LogP contribution in [0.1, 0.15) is 166 Å². The number of ether oxygens (including phenoxy) is 2. The number of hydrogen-bond acceptors (Lipinski definition) is 2. The lowest BCUT2D eigenvalue weighted by Gasteiger charge is -2.28. The first-order valence-electron chi connectivity index (χ1n) is 20.0. The number of fused-ring (bicyclic) bond motifs is 2. The van der Waals surface area contributed by atoms with Crippen LogP contribution in [0.5, 0.6) is 0 Å². The summed E-state index contributed by atoms with van der Waals surface area (Å²) in [6.45, 7) is 6.60. The molecule has 48 heavy (non-hydrogen) atoms. The molecule has 0 spiro atoms. The predicted octanol–water partition coefficient (Wildman–Crippen LogP) is 14.7. The molecule has 1 saturated heterocycles. The van der Waals surface area contributed by atoms with Gasteiger partial charge in [0.2, 0.25) is 0 Å². The summed E-state index contributed by atoms with van der Waals surface area (Å²) in [5.41, 5.74) is 2.73. The summed E-state index contributed by atoms with van der Waals surface area (Å²) in [5.74, 6) is 0. The zero-order valence-electron chi connectivity index (χ0n) is 30.6. The van der Waals surface area contributed by atoms with Gasteiger partial charge < -0.3 is 9.47 Å². The molecule has 262 valence electrons. The van der Waals surface area contributed by atoms with E-state index < -0.39 is 0 Å². The van der Waals surface area contributed by atoms with Crippen LogP contribution in [0, 0.1) is 0 Å². The summed E-state index contributed by atoms with van der Waals surface area (Å²) in [6, 6.07) is 31.4. The quantitative estimate of drug-likeness (QED) is 0.0556. The van der Waals surface area contributed by atoms with Crippen molar-refractivity contribution in [3.8, 4) is 0 Å². The first-order chi connectivity index (χ1) is 23.8. The van der Waals surface area contributed by atoms with Crippen LogP contribution in [0.3, 0.4) is 0 Å². The van der Waals surface area contributed by atoms with Gasteiger partial charge >= 0.3 is 0 Å². The van der Waals surface area contributed by atoms with Gasteiger partial charge in [-0.2, -0.15) is 0 Å². The third-order valence-corrected chi connectivity index (χ3v) is 10.0. The lowest BCUT2D eigenvalue weighted by atomic mass is 9.94. The van der Waals surface area contributed by atoms with Gasteiger partial charge in [0.25, 0.3) is 0 Å². The smallest absolute Gasteiger partial charge is 0.0839 e. The van der Waals surface area contributed by atoms with Crippen LogP contribution in [-0.2, 0) is 9.47 Å². The van der Waals surface area contributed by atoms with Crippen molar-refractivity contribution in [3.05, 3.63) is 96.1 Å². The van der Waals surface area contributed by atoms with E-state index in [-0.39, 0.29) is 12.2 Å². The largest absolute Gasteiger partial charge is 0.377 e. The summed E-state index contributed by atoms with van der Waals surface area (Å²) in [4.78, 5) is 0. The van der Waals surface area contributed by atoms with Gasteiger partial charge in [-0.25, -0.2) is 0 Å². The minimum Gasteiger partial charge on any atom is -0.377 e. The van der Waals surface area contributed by atoms with Gasteiger partial charge in [-0.15, -0.1) is 0 Å². The van der Waals surface area contributed by atoms with Gasteiger partial charge in [-0.05, 0) is 45.5 Å².